The van der Waals surface area contributed by atoms with Gasteiger partial charge in [0.2, 0.25) is 5.91 Å². The lowest BCUT2D eigenvalue weighted by atomic mass is 9.98. The maximum Gasteiger partial charge on any atom is 0.354 e. The molecule has 1 unspecified atom stereocenters. The van der Waals surface area contributed by atoms with E-state index in [4.69, 9.17) is 9.15 Å². The van der Waals surface area contributed by atoms with Gasteiger partial charge in [0.15, 0.2) is 5.78 Å². The first-order valence-corrected chi connectivity index (χ1v) is 10.4. The van der Waals surface area contributed by atoms with E-state index in [1.807, 2.05) is 0 Å². The first-order chi connectivity index (χ1) is 14.3. The van der Waals surface area contributed by atoms with Gasteiger partial charge in [-0.15, -0.1) is 0 Å². The zero-order valence-corrected chi connectivity index (χ0v) is 18.4. The van der Waals surface area contributed by atoms with Gasteiger partial charge in [0, 0.05) is 24.2 Å². The molecule has 0 saturated heterocycles. The number of carbonyl (C=O) groups is 3. The maximum absolute atomic E-state index is 13.6. The molecule has 7 heteroatoms. The number of nitrogens with zero attached hydrogens (tertiary/aromatic N) is 2. The molecule has 162 valence electrons. The molecule has 2 aromatic heterocycles. The van der Waals surface area contributed by atoms with Crippen LogP contribution in [0.15, 0.2) is 22.8 Å². The highest BCUT2D eigenvalue weighted by Crippen LogP contribution is 2.30. The highest BCUT2D eigenvalue weighted by atomic mass is 16.5. The quantitative estimate of drug-likeness (QED) is 0.508. The molecule has 30 heavy (non-hydrogen) atoms. The third-order valence-electron chi connectivity index (χ3n) is 6.30. The summed E-state index contributed by atoms with van der Waals surface area (Å²) in [4.78, 5) is 40.7. The van der Waals surface area contributed by atoms with Gasteiger partial charge in [0.25, 0.3) is 0 Å². The molecular weight excluding hydrogens is 384 g/mol. The fraction of sp³-hybridized carbons (Fsp3) is 0.522. The molecule has 2 heterocycles. The third kappa shape index (κ3) is 3.93. The predicted octanol–water partition coefficient (Wildman–Crippen LogP) is 3.81. The number of hydrogen-bond donors (Lipinski definition) is 0. The number of carbonyl (C=O) groups excluding carboxylic acids is 3. The van der Waals surface area contributed by atoms with Gasteiger partial charge < -0.3 is 18.6 Å². The largest absolute Gasteiger partial charge is 0.467 e. The van der Waals surface area contributed by atoms with Crippen molar-refractivity contribution < 1.29 is 23.5 Å². The second kappa shape index (κ2) is 8.90. The van der Waals surface area contributed by atoms with Gasteiger partial charge in [-0.05, 0) is 51.3 Å². The fourth-order valence-electron chi connectivity index (χ4n) is 4.46. The molecule has 3 rings (SSSR count). The van der Waals surface area contributed by atoms with Crippen molar-refractivity contribution in [2.75, 3.05) is 7.11 Å². The molecule has 2 aromatic rings. The Hall–Kier alpha value is -2.83. The Kier molecular flexibility index (Phi) is 6.48. The van der Waals surface area contributed by atoms with E-state index < -0.39 is 12.0 Å². The Bertz CT molecular complexity index is 935. The van der Waals surface area contributed by atoms with E-state index in [1.54, 1.807) is 55.7 Å². The van der Waals surface area contributed by atoms with Crippen LogP contribution in [0.2, 0.25) is 0 Å². The number of aromatic nitrogens is 1. The minimum absolute atomic E-state index is 0.0100. The summed E-state index contributed by atoms with van der Waals surface area (Å²) in [6, 6.07) is 2.89. The van der Waals surface area contributed by atoms with Crippen LogP contribution in [0.5, 0.6) is 0 Å². The number of ether oxygens (including phenoxy) is 1. The number of rotatable bonds is 7. The Balaban J connectivity index is 1.96. The van der Waals surface area contributed by atoms with Gasteiger partial charge >= 0.3 is 5.97 Å². The van der Waals surface area contributed by atoms with Crippen molar-refractivity contribution in [2.24, 2.45) is 13.0 Å². The van der Waals surface area contributed by atoms with Crippen molar-refractivity contribution in [3.8, 4) is 0 Å². The monoisotopic (exact) mass is 414 g/mol. The van der Waals surface area contributed by atoms with Crippen LogP contribution in [0.4, 0.5) is 0 Å². The summed E-state index contributed by atoms with van der Waals surface area (Å²) in [5, 5.41) is 0. The minimum Gasteiger partial charge on any atom is -0.467 e. The molecule has 0 bridgehead atoms. The van der Waals surface area contributed by atoms with Crippen LogP contribution in [0.1, 0.15) is 70.5 Å². The SMILES string of the molecule is COC(=O)c1c(C)c(C(=O)C(C)N(Cc2ccco2)C(=O)C2CCCC2)c(C)n1C. The standard InChI is InChI=1S/C23H30N2O5/c1-14-19(15(2)24(4)20(14)23(28)29-5)21(26)16(3)25(13-18-11-8-12-30-18)22(27)17-9-6-7-10-17/h8,11-12,16-17H,6-7,9-10,13H2,1-5H3. The Labute approximate surface area is 177 Å². The number of esters is 1. The van der Waals surface area contributed by atoms with Crippen LogP contribution in [-0.4, -0.2) is 40.3 Å². The summed E-state index contributed by atoms with van der Waals surface area (Å²) in [6.07, 6.45) is 5.34. The lowest BCUT2D eigenvalue weighted by Gasteiger charge is -2.30. The first-order valence-electron chi connectivity index (χ1n) is 10.4. The number of Topliss-reactive ketones (excluding diaryl/α,β-unsaturated/α-hetero) is 1. The van der Waals surface area contributed by atoms with Gasteiger partial charge in [-0.25, -0.2) is 4.79 Å². The van der Waals surface area contributed by atoms with E-state index in [-0.39, 0.29) is 24.2 Å². The van der Waals surface area contributed by atoms with E-state index in [9.17, 15) is 14.4 Å². The number of ketones is 1. The van der Waals surface area contributed by atoms with Gasteiger partial charge in [-0.3, -0.25) is 9.59 Å². The fourth-order valence-corrected chi connectivity index (χ4v) is 4.46. The van der Waals surface area contributed by atoms with E-state index >= 15 is 0 Å². The van der Waals surface area contributed by atoms with Crippen molar-refractivity contribution in [3.05, 3.63) is 46.7 Å². The van der Waals surface area contributed by atoms with Crippen molar-refractivity contribution in [3.63, 3.8) is 0 Å². The molecule has 1 amide bonds. The van der Waals surface area contributed by atoms with Crippen molar-refractivity contribution in [1.82, 2.24) is 9.47 Å². The molecule has 1 saturated carbocycles. The van der Waals surface area contributed by atoms with Crippen molar-refractivity contribution in [2.45, 2.75) is 59.0 Å². The predicted molar refractivity (Wildman–Crippen MR) is 111 cm³/mol. The smallest absolute Gasteiger partial charge is 0.354 e. The Morgan fingerprint density at radius 1 is 1.27 bits per heavy atom. The molecule has 1 fully saturated rings. The average molecular weight is 415 g/mol. The number of methoxy groups -OCH3 is 1. The molecule has 1 atom stereocenters. The number of furan rings is 1. The van der Waals surface area contributed by atoms with Crippen molar-refractivity contribution >= 4 is 17.7 Å². The summed E-state index contributed by atoms with van der Waals surface area (Å²) in [6.45, 7) is 5.54. The van der Waals surface area contributed by atoms with Crippen LogP contribution in [0.25, 0.3) is 0 Å². The molecule has 0 spiro atoms. The molecule has 0 aliphatic heterocycles. The number of amides is 1. The van der Waals surface area contributed by atoms with Gasteiger partial charge in [-0.1, -0.05) is 12.8 Å². The van der Waals surface area contributed by atoms with Crippen LogP contribution in [0, 0.1) is 19.8 Å². The van der Waals surface area contributed by atoms with Crippen molar-refractivity contribution in [1.29, 1.82) is 0 Å². The molecular formula is C23H30N2O5. The number of hydrogen-bond acceptors (Lipinski definition) is 5. The molecule has 0 aromatic carbocycles. The lowest BCUT2D eigenvalue weighted by molar-refractivity contribution is -0.137. The third-order valence-corrected chi connectivity index (χ3v) is 6.30. The van der Waals surface area contributed by atoms with Crippen LogP contribution >= 0.6 is 0 Å². The minimum atomic E-state index is -0.687. The zero-order valence-electron chi connectivity index (χ0n) is 18.4. The second-order valence-corrected chi connectivity index (χ2v) is 8.05. The summed E-state index contributed by atoms with van der Waals surface area (Å²) < 4.78 is 12.0. The summed E-state index contributed by atoms with van der Waals surface area (Å²) in [7, 11) is 3.06. The Morgan fingerprint density at radius 2 is 1.93 bits per heavy atom. The van der Waals surface area contributed by atoms with Gasteiger partial charge in [0.1, 0.15) is 11.5 Å². The summed E-state index contributed by atoms with van der Waals surface area (Å²) in [5.74, 6) is -0.103. The van der Waals surface area contributed by atoms with Crippen LogP contribution < -0.4 is 0 Å². The van der Waals surface area contributed by atoms with Crippen LogP contribution in [-0.2, 0) is 23.1 Å². The molecule has 7 nitrogen and oxygen atoms in total. The Morgan fingerprint density at radius 3 is 2.50 bits per heavy atom. The lowest BCUT2D eigenvalue weighted by Crippen LogP contribution is -2.45. The normalized spacial score (nSPS) is 15.2. The molecule has 0 N–H and O–H groups in total. The maximum atomic E-state index is 13.6. The molecule has 0 radical (unpaired) electrons. The first kappa shape index (κ1) is 21.9. The summed E-state index contributed by atoms with van der Waals surface area (Å²) in [5.41, 5.74) is 2.07. The van der Waals surface area contributed by atoms with E-state index in [1.165, 1.54) is 7.11 Å². The highest BCUT2D eigenvalue weighted by molar-refractivity contribution is 6.06. The van der Waals surface area contributed by atoms with E-state index in [2.05, 4.69) is 0 Å². The van der Waals surface area contributed by atoms with Crippen LogP contribution in [0.3, 0.4) is 0 Å². The average Bonchev–Trinajstić information content (AvgIpc) is 3.47. The van der Waals surface area contributed by atoms with Gasteiger partial charge in [-0.2, -0.15) is 0 Å². The van der Waals surface area contributed by atoms with E-state index in [0.29, 0.717) is 28.3 Å². The van der Waals surface area contributed by atoms with Gasteiger partial charge in [0.05, 0.1) is 26.0 Å². The topological polar surface area (TPSA) is 81.8 Å². The zero-order chi connectivity index (χ0) is 22.0. The molecule has 1 aliphatic carbocycles. The molecule has 1 aliphatic rings. The highest BCUT2D eigenvalue weighted by Gasteiger charge is 2.36. The van der Waals surface area contributed by atoms with E-state index in [0.717, 1.165) is 25.7 Å². The second-order valence-electron chi connectivity index (χ2n) is 8.05. The summed E-state index contributed by atoms with van der Waals surface area (Å²) >= 11 is 0.